The van der Waals surface area contributed by atoms with E-state index in [4.69, 9.17) is 4.74 Å². The zero-order valence-electron chi connectivity index (χ0n) is 21.0. The van der Waals surface area contributed by atoms with E-state index in [1.54, 1.807) is 0 Å². The SMILES string of the molecule is Cc1ccc(NC(=O)COc2ccc3ccccc3c2CN[C@H](Cc2c[nH]c3ccccc23)C(=O)O)cc1. The zero-order valence-corrected chi connectivity index (χ0v) is 21.0. The van der Waals surface area contributed by atoms with E-state index < -0.39 is 12.0 Å². The number of fused-ring (bicyclic) bond motifs is 2. The number of aromatic amines is 1. The lowest BCUT2D eigenvalue weighted by Gasteiger charge is -2.18. The average Bonchev–Trinajstić information content (AvgIpc) is 3.34. The molecule has 0 aliphatic heterocycles. The Morgan fingerprint density at radius 3 is 2.45 bits per heavy atom. The number of hydrogen-bond donors (Lipinski definition) is 4. The van der Waals surface area contributed by atoms with E-state index in [0.29, 0.717) is 17.9 Å². The summed E-state index contributed by atoms with van der Waals surface area (Å²) in [4.78, 5) is 27.9. The van der Waals surface area contributed by atoms with Crippen LogP contribution in [0.5, 0.6) is 5.75 Å². The van der Waals surface area contributed by atoms with Crippen molar-refractivity contribution in [1.82, 2.24) is 10.3 Å². The minimum absolute atomic E-state index is 0.170. The number of aromatic nitrogens is 1. The van der Waals surface area contributed by atoms with E-state index in [-0.39, 0.29) is 19.1 Å². The second kappa shape index (κ2) is 11.2. The summed E-state index contributed by atoms with van der Waals surface area (Å²) in [7, 11) is 0. The third-order valence-corrected chi connectivity index (χ3v) is 6.61. The molecule has 4 aromatic carbocycles. The smallest absolute Gasteiger partial charge is 0.321 e. The van der Waals surface area contributed by atoms with Gasteiger partial charge < -0.3 is 20.1 Å². The van der Waals surface area contributed by atoms with Crippen LogP contribution in [0.1, 0.15) is 16.7 Å². The van der Waals surface area contributed by atoms with Gasteiger partial charge in [-0.2, -0.15) is 0 Å². The quantitative estimate of drug-likeness (QED) is 0.202. The number of anilines is 1. The predicted octanol–water partition coefficient (Wildman–Crippen LogP) is 5.43. The van der Waals surface area contributed by atoms with Crippen molar-refractivity contribution in [2.24, 2.45) is 0 Å². The maximum absolute atomic E-state index is 12.6. The summed E-state index contributed by atoms with van der Waals surface area (Å²) in [6, 6.07) is 26.2. The Labute approximate surface area is 220 Å². The first-order valence-electron chi connectivity index (χ1n) is 12.5. The standard InChI is InChI=1S/C31H29N3O4/c1-20-10-13-23(14-11-20)34-30(35)19-38-29-15-12-21-6-2-3-7-24(21)26(29)18-33-28(31(36)37)16-22-17-32-27-9-5-4-8-25(22)27/h2-15,17,28,32-33H,16,18-19H2,1H3,(H,34,35)(H,36,37)/t28-/m1/s1. The molecule has 1 aromatic heterocycles. The number of aryl methyl sites for hydroxylation is 1. The third-order valence-electron chi connectivity index (χ3n) is 6.61. The van der Waals surface area contributed by atoms with Crippen LogP contribution in [-0.2, 0) is 22.6 Å². The van der Waals surface area contributed by atoms with Gasteiger partial charge in [-0.15, -0.1) is 0 Å². The van der Waals surface area contributed by atoms with E-state index in [9.17, 15) is 14.7 Å². The van der Waals surface area contributed by atoms with Crippen molar-refractivity contribution >= 4 is 39.2 Å². The lowest BCUT2D eigenvalue weighted by atomic mass is 10.0. The van der Waals surface area contributed by atoms with Gasteiger partial charge in [0.05, 0.1) is 0 Å². The fourth-order valence-electron chi connectivity index (χ4n) is 4.60. The second-order valence-electron chi connectivity index (χ2n) is 9.30. The maximum Gasteiger partial charge on any atom is 0.321 e. The Bertz CT molecular complexity index is 1590. The van der Waals surface area contributed by atoms with Crippen molar-refractivity contribution < 1.29 is 19.4 Å². The molecule has 0 unspecified atom stereocenters. The normalized spacial score (nSPS) is 11.9. The molecule has 7 nitrogen and oxygen atoms in total. The highest BCUT2D eigenvalue weighted by molar-refractivity contribution is 5.92. The highest BCUT2D eigenvalue weighted by Gasteiger charge is 2.21. The van der Waals surface area contributed by atoms with Gasteiger partial charge in [0.2, 0.25) is 0 Å². The van der Waals surface area contributed by atoms with Gasteiger partial charge in [0, 0.05) is 41.3 Å². The molecule has 0 aliphatic rings. The van der Waals surface area contributed by atoms with Crippen molar-refractivity contribution in [2.45, 2.75) is 25.9 Å². The second-order valence-corrected chi connectivity index (χ2v) is 9.30. The molecule has 0 radical (unpaired) electrons. The molecule has 0 fully saturated rings. The van der Waals surface area contributed by atoms with Crippen molar-refractivity contribution in [1.29, 1.82) is 0 Å². The fraction of sp³-hybridized carbons (Fsp3) is 0.161. The number of H-pyrrole nitrogens is 1. The molecule has 0 spiro atoms. The van der Waals surface area contributed by atoms with Crippen LogP contribution in [0.15, 0.2) is 91.1 Å². The number of amides is 1. The molecule has 7 heteroatoms. The van der Waals surface area contributed by atoms with Crippen LogP contribution >= 0.6 is 0 Å². The Morgan fingerprint density at radius 2 is 1.66 bits per heavy atom. The largest absolute Gasteiger partial charge is 0.483 e. The van der Waals surface area contributed by atoms with Gasteiger partial charge in [-0.3, -0.25) is 14.9 Å². The summed E-state index contributed by atoms with van der Waals surface area (Å²) in [5, 5.41) is 19.0. The lowest BCUT2D eigenvalue weighted by Crippen LogP contribution is -2.38. The monoisotopic (exact) mass is 507 g/mol. The molecule has 5 aromatic rings. The van der Waals surface area contributed by atoms with Crippen LogP contribution in [0.25, 0.3) is 21.7 Å². The number of rotatable bonds is 10. The Kier molecular flexibility index (Phi) is 7.38. The van der Waals surface area contributed by atoms with Crippen LogP contribution in [-0.4, -0.2) is 34.6 Å². The van der Waals surface area contributed by atoms with Crippen LogP contribution < -0.4 is 15.4 Å². The Balaban J connectivity index is 1.33. The molecule has 0 saturated carbocycles. The lowest BCUT2D eigenvalue weighted by molar-refractivity contribution is -0.139. The number of para-hydroxylation sites is 1. The van der Waals surface area contributed by atoms with Crippen LogP contribution in [0.2, 0.25) is 0 Å². The van der Waals surface area contributed by atoms with Gasteiger partial charge >= 0.3 is 5.97 Å². The summed E-state index contributed by atoms with van der Waals surface area (Å²) in [6.45, 7) is 2.08. The summed E-state index contributed by atoms with van der Waals surface area (Å²) in [6.07, 6.45) is 2.18. The van der Waals surface area contributed by atoms with E-state index in [1.165, 1.54) is 0 Å². The number of carbonyl (C=O) groups is 2. The molecular weight excluding hydrogens is 478 g/mol. The predicted molar refractivity (Wildman–Crippen MR) is 150 cm³/mol. The Hall–Kier alpha value is -4.62. The minimum atomic E-state index is -0.935. The van der Waals surface area contributed by atoms with E-state index in [2.05, 4.69) is 15.6 Å². The van der Waals surface area contributed by atoms with Gasteiger partial charge in [0.1, 0.15) is 11.8 Å². The van der Waals surface area contributed by atoms with Crippen molar-refractivity contribution in [3.8, 4) is 5.75 Å². The topological polar surface area (TPSA) is 103 Å². The number of carboxylic acid groups (broad SMARTS) is 1. The molecule has 38 heavy (non-hydrogen) atoms. The van der Waals surface area contributed by atoms with Crippen molar-refractivity contribution in [2.75, 3.05) is 11.9 Å². The molecule has 1 amide bonds. The molecule has 1 heterocycles. The molecule has 1 atom stereocenters. The fourth-order valence-corrected chi connectivity index (χ4v) is 4.60. The van der Waals surface area contributed by atoms with Crippen molar-refractivity contribution in [3.63, 3.8) is 0 Å². The summed E-state index contributed by atoms with van der Waals surface area (Å²) >= 11 is 0. The van der Waals surface area contributed by atoms with Crippen molar-refractivity contribution in [3.05, 3.63) is 108 Å². The van der Waals surface area contributed by atoms with Gasteiger partial charge in [-0.05, 0) is 47.5 Å². The van der Waals surface area contributed by atoms with Crippen LogP contribution in [0, 0.1) is 6.92 Å². The molecule has 0 aliphatic carbocycles. The number of ether oxygens (including phenoxy) is 1. The molecule has 192 valence electrons. The summed E-state index contributed by atoms with van der Waals surface area (Å²) in [5.74, 6) is -0.675. The number of aliphatic carboxylic acids is 1. The maximum atomic E-state index is 12.6. The number of carbonyl (C=O) groups excluding carboxylic acids is 1. The molecule has 4 N–H and O–H groups in total. The Morgan fingerprint density at radius 1 is 0.921 bits per heavy atom. The van der Waals surface area contributed by atoms with Crippen LogP contribution in [0.4, 0.5) is 5.69 Å². The number of nitrogens with one attached hydrogen (secondary N) is 3. The molecular formula is C31H29N3O4. The summed E-state index contributed by atoms with van der Waals surface area (Å²) < 4.78 is 5.95. The molecule has 0 saturated heterocycles. The first kappa shape index (κ1) is 25.0. The average molecular weight is 508 g/mol. The highest BCUT2D eigenvalue weighted by atomic mass is 16.5. The third kappa shape index (κ3) is 5.68. The van der Waals surface area contributed by atoms with Gasteiger partial charge in [-0.1, -0.05) is 66.2 Å². The first-order valence-corrected chi connectivity index (χ1v) is 12.5. The van der Waals surface area contributed by atoms with Gasteiger partial charge in [0.25, 0.3) is 5.91 Å². The minimum Gasteiger partial charge on any atom is -0.483 e. The highest BCUT2D eigenvalue weighted by Crippen LogP contribution is 2.29. The summed E-state index contributed by atoms with van der Waals surface area (Å²) in [5.41, 5.74) is 4.52. The van der Waals surface area contributed by atoms with Gasteiger partial charge in [-0.25, -0.2) is 0 Å². The number of benzene rings is 4. The van der Waals surface area contributed by atoms with Crippen LogP contribution in [0.3, 0.4) is 0 Å². The van der Waals surface area contributed by atoms with E-state index in [0.717, 1.165) is 38.4 Å². The van der Waals surface area contributed by atoms with E-state index in [1.807, 2.05) is 98.0 Å². The molecule has 0 bridgehead atoms. The molecule has 5 rings (SSSR count). The number of hydrogen-bond acceptors (Lipinski definition) is 4. The van der Waals surface area contributed by atoms with E-state index >= 15 is 0 Å². The zero-order chi connectivity index (χ0) is 26.5. The number of carboxylic acids is 1. The van der Waals surface area contributed by atoms with Gasteiger partial charge in [0.15, 0.2) is 6.61 Å². The first-order chi connectivity index (χ1) is 18.5.